The molecule has 2 unspecified atom stereocenters. The van der Waals surface area contributed by atoms with Crippen molar-refractivity contribution in [2.24, 2.45) is 52.3 Å². The van der Waals surface area contributed by atoms with E-state index in [1.807, 2.05) is 6.92 Å². The Morgan fingerprint density at radius 1 is 0.764 bits per heavy atom. The van der Waals surface area contributed by atoms with Gasteiger partial charge in [-0.25, -0.2) is 4.79 Å². The molecule has 0 radical (unpaired) electrons. The Morgan fingerprint density at radius 3 is 2.06 bits per heavy atom. The highest BCUT2D eigenvalue weighted by Gasteiger charge is 2.59. The van der Waals surface area contributed by atoms with Gasteiger partial charge in [-0.15, -0.1) is 0 Å². The lowest BCUT2D eigenvalue weighted by Crippen LogP contribution is -2.51. The second kappa shape index (κ2) is 32.6. The summed E-state index contributed by atoms with van der Waals surface area (Å²) >= 11 is 0. The average Bonchev–Trinajstić information content (AvgIpc) is 3.69. The molecule has 0 aliphatic heterocycles. The quantitative estimate of drug-likeness (QED) is 0.0208. The Kier molecular flexibility index (Phi) is 28.4. The van der Waals surface area contributed by atoms with Crippen molar-refractivity contribution >= 4 is 45.5 Å². The van der Waals surface area contributed by atoms with Crippen LogP contribution in [0, 0.1) is 52.3 Å². The van der Waals surface area contributed by atoms with Crippen LogP contribution in [-0.4, -0.2) is 99.5 Å². The summed E-state index contributed by atoms with van der Waals surface area (Å²) in [6.07, 6.45) is 32.7. The summed E-state index contributed by atoms with van der Waals surface area (Å²) < 4.78 is 18.4. The highest BCUT2D eigenvalue weighted by atomic mass is 33.1. The monoisotopic (exact) mass is 1050 g/mol. The molecule has 10 nitrogen and oxygen atoms in total. The third-order valence-electron chi connectivity index (χ3n) is 17.8. The molecule has 2 amide bonds. The second-order valence-electron chi connectivity index (χ2n) is 25.2. The minimum Gasteiger partial charge on any atom is -0.457 e. The van der Waals surface area contributed by atoms with E-state index >= 15 is 0 Å². The first-order valence-corrected chi connectivity index (χ1v) is 32.2. The molecule has 2 N–H and O–H groups in total. The summed E-state index contributed by atoms with van der Waals surface area (Å²) in [5.41, 5.74) is 2.04. The Balaban J connectivity index is 1.22. The molecule has 3 fully saturated rings. The van der Waals surface area contributed by atoms with Gasteiger partial charge in [0.2, 0.25) is 11.8 Å². The molecular weight excluding hydrogens is 939 g/mol. The maximum absolute atomic E-state index is 13.3. The molecule has 12 heteroatoms. The van der Waals surface area contributed by atoms with Crippen LogP contribution in [0.15, 0.2) is 11.6 Å². The minimum absolute atomic E-state index is 0.0457. The average molecular weight is 1050 g/mol. The smallest absolute Gasteiger partial charge is 0.457 e. The highest BCUT2D eigenvalue weighted by Crippen LogP contribution is 2.67. The van der Waals surface area contributed by atoms with E-state index in [2.05, 4.69) is 79.4 Å². The minimum atomic E-state index is -0.886. The zero-order valence-corrected chi connectivity index (χ0v) is 49.4. The van der Waals surface area contributed by atoms with Gasteiger partial charge in [0.15, 0.2) is 6.10 Å². The summed E-state index contributed by atoms with van der Waals surface area (Å²) in [6, 6.07) is 0. The number of carbonyl (C=O) groups excluding carboxylic acids is 4. The lowest BCUT2D eigenvalue weighted by molar-refractivity contribution is -0.867. The molecule has 4 aliphatic rings. The molecule has 0 aromatic carbocycles. The predicted octanol–water partition coefficient (Wildman–Crippen LogP) is 14.7. The molecule has 10 atom stereocenters. The molecule has 0 saturated heterocycles. The Morgan fingerprint density at radius 2 is 1.42 bits per heavy atom. The summed E-state index contributed by atoms with van der Waals surface area (Å²) in [6.45, 7) is 17.1. The van der Waals surface area contributed by atoms with E-state index in [-0.39, 0.29) is 55.4 Å². The summed E-state index contributed by atoms with van der Waals surface area (Å²) in [4.78, 5) is 52.2. The highest BCUT2D eigenvalue weighted by molar-refractivity contribution is 8.76. The van der Waals surface area contributed by atoms with E-state index in [0.29, 0.717) is 17.1 Å². The predicted molar refractivity (Wildman–Crippen MR) is 302 cm³/mol. The van der Waals surface area contributed by atoms with Gasteiger partial charge in [0.1, 0.15) is 12.7 Å². The van der Waals surface area contributed by atoms with Gasteiger partial charge < -0.3 is 29.3 Å². The molecule has 3 saturated carbocycles. The van der Waals surface area contributed by atoms with Gasteiger partial charge in [-0.1, -0.05) is 191 Å². The number of ether oxygens (including phenoxy) is 3. The van der Waals surface area contributed by atoms with Gasteiger partial charge >= 0.3 is 12.1 Å². The van der Waals surface area contributed by atoms with Crippen molar-refractivity contribution in [2.45, 2.75) is 234 Å². The van der Waals surface area contributed by atoms with Gasteiger partial charge in [-0.3, -0.25) is 14.4 Å². The van der Waals surface area contributed by atoms with Crippen LogP contribution < -0.4 is 10.6 Å². The molecule has 0 heterocycles. The zero-order chi connectivity index (χ0) is 52.6. The van der Waals surface area contributed by atoms with Gasteiger partial charge in [0, 0.05) is 24.5 Å². The van der Waals surface area contributed by atoms with Crippen molar-refractivity contribution in [3.05, 3.63) is 11.6 Å². The largest absolute Gasteiger partial charge is 0.508 e. The molecule has 72 heavy (non-hydrogen) atoms. The number of nitrogens with zero attached hydrogens (tertiary/aromatic N) is 1. The van der Waals surface area contributed by atoms with Crippen LogP contribution in [-0.2, 0) is 28.6 Å². The van der Waals surface area contributed by atoms with Crippen molar-refractivity contribution < 1.29 is 37.9 Å². The fraction of sp³-hybridized carbons (Fsp3) is 0.900. The van der Waals surface area contributed by atoms with Gasteiger partial charge in [0.05, 0.1) is 46.5 Å². The molecule has 416 valence electrons. The fourth-order valence-corrected chi connectivity index (χ4v) is 16.0. The van der Waals surface area contributed by atoms with Gasteiger partial charge in [0.25, 0.3) is 0 Å². The number of unbranched alkanes of at least 4 members (excludes halogenated alkanes) is 14. The van der Waals surface area contributed by atoms with Crippen molar-refractivity contribution in [1.29, 1.82) is 0 Å². The lowest BCUT2D eigenvalue weighted by atomic mass is 9.47. The lowest BCUT2D eigenvalue weighted by Gasteiger charge is -2.58. The summed E-state index contributed by atoms with van der Waals surface area (Å²) in [5, 5.41) is 5.54. The SMILES string of the molecule is CCCCCCCCCCCCCCCCCC(=O)OC(CNC(=O)CNC(=O)C(C)CSSCC[N+](C)(C)C)COC(=O)O[C@H]1CC[C@@]2(C)C(=CC[C@H]3[C@@H]4CC[C@H]([C@H](C)CCCC(C)C)[C@@]4(C)CC[C@@H]32)C1. The molecule has 0 bridgehead atoms. The van der Waals surface area contributed by atoms with Crippen LogP contribution in [0.3, 0.4) is 0 Å². The van der Waals surface area contributed by atoms with Crippen LogP contribution >= 0.6 is 21.6 Å². The number of amides is 2. The maximum atomic E-state index is 13.3. The van der Waals surface area contributed by atoms with Gasteiger partial charge in [-0.2, -0.15) is 0 Å². The number of esters is 1. The van der Waals surface area contributed by atoms with E-state index in [1.165, 1.54) is 128 Å². The van der Waals surface area contributed by atoms with E-state index in [0.717, 1.165) is 91.3 Å². The van der Waals surface area contributed by atoms with E-state index in [9.17, 15) is 19.2 Å². The van der Waals surface area contributed by atoms with Crippen LogP contribution in [0.25, 0.3) is 0 Å². The summed E-state index contributed by atoms with van der Waals surface area (Å²) in [7, 11) is 9.93. The number of rotatable bonds is 36. The van der Waals surface area contributed by atoms with Crippen LogP contribution in [0.5, 0.6) is 0 Å². The van der Waals surface area contributed by atoms with E-state index in [1.54, 1.807) is 21.6 Å². The number of nitrogens with one attached hydrogen (secondary N) is 2. The Labute approximate surface area is 448 Å². The van der Waals surface area contributed by atoms with Crippen molar-refractivity contribution in [3.63, 3.8) is 0 Å². The molecule has 0 aromatic rings. The first kappa shape index (κ1) is 62.6. The number of quaternary nitrogens is 1. The third-order valence-corrected chi connectivity index (χ3v) is 20.4. The van der Waals surface area contributed by atoms with Crippen LogP contribution in [0.4, 0.5) is 4.79 Å². The maximum Gasteiger partial charge on any atom is 0.508 e. The number of hydrogen-bond acceptors (Lipinski definition) is 9. The molecule has 4 rings (SSSR count). The topological polar surface area (TPSA) is 120 Å². The number of allylic oxidation sites excluding steroid dienone is 1. The molecule has 4 aliphatic carbocycles. The number of fused-ring (bicyclic) bond motifs is 5. The van der Waals surface area contributed by atoms with Crippen molar-refractivity contribution in [3.8, 4) is 0 Å². The van der Waals surface area contributed by atoms with Crippen LogP contribution in [0.2, 0.25) is 0 Å². The van der Waals surface area contributed by atoms with E-state index < -0.39 is 18.2 Å². The fourth-order valence-electron chi connectivity index (χ4n) is 13.3. The first-order chi connectivity index (χ1) is 34.4. The number of carbonyl (C=O) groups is 4. The third kappa shape index (κ3) is 21.6. The normalized spacial score (nSPS) is 26.1. The molecule has 0 spiro atoms. The number of hydrogen-bond donors (Lipinski definition) is 2. The molecule has 0 aromatic heterocycles. The van der Waals surface area contributed by atoms with E-state index in [4.69, 9.17) is 14.2 Å². The summed E-state index contributed by atoms with van der Waals surface area (Å²) in [5.74, 6) is 5.07. The first-order valence-electron chi connectivity index (χ1n) is 29.7. The standard InChI is InChI=1S/C60H107N3O7S2/c1-11-12-13-14-15-16-17-18-19-20-21-22-23-24-25-29-56(65)69-50(41-61-55(64)42-62-57(66)47(5)44-72-71-39-38-63(8,9)10)43-68-58(67)70-49-34-36-59(6)48(40-49)30-31-51-53-33-32-52(46(4)28-26-27-45(2)3)60(53,7)37-35-54(51)59/h30,45-47,49-54H,11-29,31-44H2,1-10H3,(H-,61,62,64,66)/p+1/t46-,47?,49+,50?,51+,52-,53+,54+,59+,60-/m1/s1. The second-order valence-corrected chi connectivity index (χ2v) is 27.8. The van der Waals surface area contributed by atoms with Crippen molar-refractivity contribution in [1.82, 2.24) is 10.6 Å². The molecular formula is C60H108N3O7S2+. The zero-order valence-electron chi connectivity index (χ0n) is 47.7. The van der Waals surface area contributed by atoms with Crippen LogP contribution in [0.1, 0.15) is 222 Å². The van der Waals surface area contributed by atoms with Gasteiger partial charge in [-0.05, 0) is 97.7 Å². The van der Waals surface area contributed by atoms with Crippen molar-refractivity contribution in [2.75, 3.05) is 58.9 Å². The Bertz CT molecular complexity index is 1640. The Hall–Kier alpha value is -1.92.